The van der Waals surface area contributed by atoms with Gasteiger partial charge in [-0.05, 0) is 38.1 Å². The Morgan fingerprint density at radius 3 is 2.78 bits per heavy atom. The van der Waals surface area contributed by atoms with Crippen molar-refractivity contribution >= 4 is 33.6 Å². The quantitative estimate of drug-likeness (QED) is 0.603. The number of thiazole rings is 1. The van der Waals surface area contributed by atoms with Crippen molar-refractivity contribution in [3.63, 3.8) is 0 Å². The SMILES string of the molecule is CC(C)OC(=O)CCNC(=O)NCc1ccc(-c2nc3ccccc3s2)o1. The highest BCUT2D eigenvalue weighted by Crippen LogP contribution is 2.30. The number of urea groups is 1. The molecule has 1 aromatic carbocycles. The van der Waals surface area contributed by atoms with E-state index in [1.165, 1.54) is 0 Å². The van der Waals surface area contributed by atoms with Gasteiger partial charge in [0.1, 0.15) is 5.76 Å². The number of nitrogens with zero attached hydrogens (tertiary/aromatic N) is 1. The van der Waals surface area contributed by atoms with Gasteiger partial charge in [0.05, 0.1) is 29.3 Å². The fourth-order valence-corrected chi connectivity index (χ4v) is 3.32. The number of carbonyl (C=O) groups excluding carboxylic acids is 2. The van der Waals surface area contributed by atoms with Gasteiger partial charge >= 0.3 is 12.0 Å². The fourth-order valence-electron chi connectivity index (χ4n) is 2.40. The van der Waals surface area contributed by atoms with Crippen LogP contribution in [0.25, 0.3) is 21.0 Å². The zero-order valence-electron chi connectivity index (χ0n) is 15.2. The van der Waals surface area contributed by atoms with Gasteiger partial charge in [-0.15, -0.1) is 11.3 Å². The molecule has 7 nitrogen and oxygen atoms in total. The van der Waals surface area contributed by atoms with Crippen LogP contribution in [-0.2, 0) is 16.1 Å². The molecular weight excluding hydrogens is 366 g/mol. The summed E-state index contributed by atoms with van der Waals surface area (Å²) in [6, 6.07) is 11.2. The average molecular weight is 387 g/mol. The van der Waals surface area contributed by atoms with Crippen LogP contribution in [0.4, 0.5) is 4.79 Å². The number of aromatic nitrogens is 1. The van der Waals surface area contributed by atoms with E-state index >= 15 is 0 Å². The molecule has 0 bridgehead atoms. The number of nitrogens with one attached hydrogen (secondary N) is 2. The van der Waals surface area contributed by atoms with Crippen molar-refractivity contribution in [2.45, 2.75) is 32.9 Å². The number of hydrogen-bond donors (Lipinski definition) is 2. The number of carbonyl (C=O) groups is 2. The summed E-state index contributed by atoms with van der Waals surface area (Å²) in [5.74, 6) is 0.959. The first-order valence-electron chi connectivity index (χ1n) is 8.67. The molecule has 2 aromatic heterocycles. The minimum Gasteiger partial charge on any atom is -0.463 e. The first-order valence-corrected chi connectivity index (χ1v) is 9.49. The molecule has 3 aromatic rings. The minimum atomic E-state index is -0.370. The molecule has 0 atom stereocenters. The maximum absolute atomic E-state index is 11.8. The Morgan fingerprint density at radius 2 is 2.00 bits per heavy atom. The maximum Gasteiger partial charge on any atom is 0.315 e. The van der Waals surface area contributed by atoms with Crippen LogP contribution in [0, 0.1) is 0 Å². The van der Waals surface area contributed by atoms with Crippen LogP contribution in [-0.4, -0.2) is 29.6 Å². The Morgan fingerprint density at radius 1 is 1.19 bits per heavy atom. The first-order chi connectivity index (χ1) is 13.0. The topological polar surface area (TPSA) is 93.5 Å². The Labute approximate surface area is 160 Å². The summed E-state index contributed by atoms with van der Waals surface area (Å²) in [6.45, 7) is 4.02. The molecule has 8 heteroatoms. The van der Waals surface area contributed by atoms with Gasteiger partial charge in [0.25, 0.3) is 0 Å². The number of para-hydroxylation sites is 1. The number of hydrogen-bond acceptors (Lipinski definition) is 6. The van der Waals surface area contributed by atoms with Crippen LogP contribution < -0.4 is 10.6 Å². The van der Waals surface area contributed by atoms with Gasteiger partial charge in [0, 0.05) is 6.54 Å². The van der Waals surface area contributed by atoms with Crippen LogP contribution in [0.2, 0.25) is 0 Å². The van der Waals surface area contributed by atoms with Crippen molar-refractivity contribution in [2.24, 2.45) is 0 Å². The maximum atomic E-state index is 11.8. The van der Waals surface area contributed by atoms with Crippen LogP contribution in [0.3, 0.4) is 0 Å². The van der Waals surface area contributed by atoms with Crippen molar-refractivity contribution in [3.05, 3.63) is 42.2 Å². The molecule has 142 valence electrons. The third kappa shape index (κ3) is 5.30. The summed E-state index contributed by atoms with van der Waals surface area (Å²) < 4.78 is 11.9. The van der Waals surface area contributed by atoms with Gasteiger partial charge < -0.3 is 19.8 Å². The molecule has 0 radical (unpaired) electrons. The number of amides is 2. The molecule has 0 aliphatic rings. The Kier molecular flexibility index (Phi) is 6.08. The zero-order valence-corrected chi connectivity index (χ0v) is 16.0. The molecule has 2 N–H and O–H groups in total. The van der Waals surface area contributed by atoms with E-state index in [1.807, 2.05) is 36.4 Å². The lowest BCUT2D eigenvalue weighted by molar-refractivity contribution is -0.147. The van der Waals surface area contributed by atoms with Gasteiger partial charge in [-0.25, -0.2) is 9.78 Å². The lowest BCUT2D eigenvalue weighted by Crippen LogP contribution is -2.36. The molecule has 0 unspecified atom stereocenters. The molecule has 0 fully saturated rings. The number of ether oxygens (including phenoxy) is 1. The largest absolute Gasteiger partial charge is 0.463 e. The summed E-state index contributed by atoms with van der Waals surface area (Å²) in [5, 5.41) is 6.10. The summed E-state index contributed by atoms with van der Waals surface area (Å²) in [6.07, 6.45) is -0.0245. The minimum absolute atomic E-state index is 0.133. The van der Waals surface area contributed by atoms with E-state index in [4.69, 9.17) is 9.15 Å². The van der Waals surface area contributed by atoms with Crippen LogP contribution in [0.1, 0.15) is 26.0 Å². The van der Waals surface area contributed by atoms with Crippen molar-refractivity contribution in [2.75, 3.05) is 6.54 Å². The zero-order chi connectivity index (χ0) is 19.2. The molecule has 27 heavy (non-hydrogen) atoms. The Bertz CT molecular complexity index is 899. The van der Waals surface area contributed by atoms with Crippen molar-refractivity contribution in [1.29, 1.82) is 0 Å². The second kappa shape index (κ2) is 8.68. The van der Waals surface area contributed by atoms with E-state index in [9.17, 15) is 9.59 Å². The number of fused-ring (bicyclic) bond motifs is 1. The lowest BCUT2D eigenvalue weighted by atomic mass is 10.3. The standard InChI is InChI=1S/C19H21N3O4S/c1-12(2)25-17(23)9-10-20-19(24)21-11-13-7-8-15(26-13)18-22-14-5-3-4-6-16(14)27-18/h3-8,12H,9-11H2,1-2H3,(H2,20,21,24). The van der Waals surface area contributed by atoms with Crippen LogP contribution in [0.5, 0.6) is 0 Å². The third-order valence-corrected chi connectivity index (χ3v) is 4.62. The van der Waals surface area contributed by atoms with Crippen molar-refractivity contribution in [3.8, 4) is 10.8 Å². The predicted molar refractivity (Wildman–Crippen MR) is 103 cm³/mol. The number of benzene rings is 1. The normalized spacial score (nSPS) is 10.9. The van der Waals surface area contributed by atoms with E-state index in [2.05, 4.69) is 15.6 Å². The molecule has 0 saturated carbocycles. The smallest absolute Gasteiger partial charge is 0.315 e. The number of furan rings is 1. The van der Waals surface area contributed by atoms with Crippen LogP contribution in [0.15, 0.2) is 40.8 Å². The predicted octanol–water partition coefficient (Wildman–Crippen LogP) is 3.70. The lowest BCUT2D eigenvalue weighted by Gasteiger charge is -2.09. The van der Waals surface area contributed by atoms with Gasteiger partial charge in [0.15, 0.2) is 10.8 Å². The molecule has 0 aliphatic heterocycles. The van der Waals surface area contributed by atoms with Gasteiger partial charge in [-0.1, -0.05) is 12.1 Å². The molecule has 3 rings (SSSR count). The highest BCUT2D eigenvalue weighted by atomic mass is 32.1. The second-order valence-corrected chi connectivity index (χ2v) is 7.18. The van der Waals surface area contributed by atoms with Gasteiger partial charge in [0.2, 0.25) is 0 Å². The molecule has 0 saturated heterocycles. The summed E-state index contributed by atoms with van der Waals surface area (Å²) >= 11 is 1.56. The molecule has 0 spiro atoms. The summed E-state index contributed by atoms with van der Waals surface area (Å²) in [5.41, 5.74) is 0.934. The Hall–Kier alpha value is -2.87. The van der Waals surface area contributed by atoms with E-state index in [-0.39, 0.29) is 37.6 Å². The van der Waals surface area contributed by atoms with E-state index in [0.717, 1.165) is 15.2 Å². The highest BCUT2D eigenvalue weighted by Gasteiger charge is 2.11. The number of rotatable bonds is 7. The van der Waals surface area contributed by atoms with Crippen molar-refractivity contribution in [1.82, 2.24) is 15.6 Å². The summed E-state index contributed by atoms with van der Waals surface area (Å²) in [4.78, 5) is 27.7. The first kappa shape index (κ1) is 18.9. The van der Waals surface area contributed by atoms with Crippen LogP contribution >= 0.6 is 11.3 Å². The molecule has 0 aliphatic carbocycles. The van der Waals surface area contributed by atoms with Gasteiger partial charge in [-0.2, -0.15) is 0 Å². The average Bonchev–Trinajstić information content (AvgIpc) is 3.25. The second-order valence-electron chi connectivity index (χ2n) is 6.15. The van der Waals surface area contributed by atoms with Gasteiger partial charge in [-0.3, -0.25) is 4.79 Å². The van der Waals surface area contributed by atoms with E-state index in [0.29, 0.717) is 11.5 Å². The molecular formula is C19H21N3O4S. The molecule has 2 amide bonds. The Balaban J connectivity index is 1.46. The van der Waals surface area contributed by atoms with E-state index < -0.39 is 0 Å². The monoisotopic (exact) mass is 387 g/mol. The van der Waals surface area contributed by atoms with E-state index in [1.54, 1.807) is 25.2 Å². The third-order valence-electron chi connectivity index (χ3n) is 3.57. The summed E-state index contributed by atoms with van der Waals surface area (Å²) in [7, 11) is 0. The molecule has 2 heterocycles. The highest BCUT2D eigenvalue weighted by molar-refractivity contribution is 7.21. The van der Waals surface area contributed by atoms with Crippen molar-refractivity contribution < 1.29 is 18.7 Å². The number of esters is 1. The fraction of sp³-hybridized carbons (Fsp3) is 0.316.